The predicted octanol–water partition coefficient (Wildman–Crippen LogP) is 3.89. The van der Waals surface area contributed by atoms with Gasteiger partial charge in [-0.05, 0) is 42.0 Å². The summed E-state index contributed by atoms with van der Waals surface area (Å²) in [6.45, 7) is 2.58. The summed E-state index contributed by atoms with van der Waals surface area (Å²) in [5.74, 6) is 0.520. The minimum absolute atomic E-state index is 0.169. The van der Waals surface area contributed by atoms with Gasteiger partial charge in [0.05, 0.1) is 0 Å². The highest BCUT2D eigenvalue weighted by atomic mass is 16.3. The van der Waals surface area contributed by atoms with Crippen LogP contribution >= 0.6 is 0 Å². The van der Waals surface area contributed by atoms with Crippen LogP contribution in [0.15, 0.2) is 65.5 Å². The van der Waals surface area contributed by atoms with Crippen LogP contribution in [-0.2, 0) is 13.0 Å². The first-order chi connectivity index (χ1) is 12.7. The van der Waals surface area contributed by atoms with E-state index >= 15 is 0 Å². The molecule has 4 rings (SSSR count). The number of pyridine rings is 1. The fourth-order valence-corrected chi connectivity index (χ4v) is 2.85. The van der Waals surface area contributed by atoms with E-state index in [0.29, 0.717) is 23.8 Å². The van der Waals surface area contributed by atoms with Gasteiger partial charge in [-0.25, -0.2) is 4.98 Å². The molecule has 0 aliphatic carbocycles. The smallest absolute Gasteiger partial charge is 0.272 e. The average Bonchev–Trinajstić information content (AvgIpc) is 3.28. The Morgan fingerprint density at radius 1 is 1.23 bits per heavy atom. The molecule has 3 aromatic heterocycles. The first kappa shape index (κ1) is 16.1. The molecular formula is C20H18N4O2. The zero-order valence-corrected chi connectivity index (χ0v) is 14.3. The highest BCUT2D eigenvalue weighted by Crippen LogP contribution is 2.21. The number of carbonyl (C=O) groups excluding carboxylic acids is 1. The molecule has 0 unspecified atom stereocenters. The molecule has 0 radical (unpaired) electrons. The Bertz CT molecular complexity index is 1050. The minimum Gasteiger partial charge on any atom is -0.441 e. The first-order valence-electron chi connectivity index (χ1n) is 8.48. The lowest BCUT2D eigenvalue weighted by atomic mass is 10.2. The van der Waals surface area contributed by atoms with Crippen molar-refractivity contribution in [2.75, 3.05) is 5.32 Å². The van der Waals surface area contributed by atoms with Crippen LogP contribution in [0.1, 0.15) is 28.9 Å². The van der Waals surface area contributed by atoms with Crippen LogP contribution in [0, 0.1) is 0 Å². The summed E-state index contributed by atoms with van der Waals surface area (Å²) >= 11 is 0. The number of rotatable bonds is 5. The van der Waals surface area contributed by atoms with Gasteiger partial charge in [0.15, 0.2) is 11.5 Å². The maximum Gasteiger partial charge on any atom is 0.272 e. The first-order valence-corrected chi connectivity index (χ1v) is 8.48. The molecule has 130 valence electrons. The van der Waals surface area contributed by atoms with Gasteiger partial charge in [-0.15, -0.1) is 0 Å². The fraction of sp³-hybridized carbons (Fsp3) is 0.150. The lowest BCUT2D eigenvalue weighted by molar-refractivity contribution is 0.101. The van der Waals surface area contributed by atoms with Gasteiger partial charge in [-0.3, -0.25) is 9.78 Å². The third kappa shape index (κ3) is 3.21. The maximum atomic E-state index is 12.7. The largest absolute Gasteiger partial charge is 0.441 e. The second-order valence-corrected chi connectivity index (χ2v) is 5.98. The number of nitrogens with one attached hydrogen (secondary N) is 1. The summed E-state index contributed by atoms with van der Waals surface area (Å²) in [7, 11) is 0. The van der Waals surface area contributed by atoms with E-state index in [0.717, 1.165) is 23.1 Å². The summed E-state index contributed by atoms with van der Waals surface area (Å²) in [6.07, 6.45) is 6.15. The Hall–Kier alpha value is -3.41. The van der Waals surface area contributed by atoms with Crippen LogP contribution in [0.5, 0.6) is 0 Å². The van der Waals surface area contributed by atoms with E-state index in [-0.39, 0.29) is 5.91 Å². The SMILES string of the molecule is CCc1nc2cc(NC(=O)c3cccn3Cc3cccnc3)ccc2o1. The van der Waals surface area contributed by atoms with Crippen molar-refractivity contribution in [3.8, 4) is 0 Å². The summed E-state index contributed by atoms with van der Waals surface area (Å²) in [5, 5.41) is 2.93. The minimum atomic E-state index is -0.169. The number of carbonyl (C=O) groups is 1. The monoisotopic (exact) mass is 346 g/mol. The predicted molar refractivity (Wildman–Crippen MR) is 99.1 cm³/mol. The fourth-order valence-electron chi connectivity index (χ4n) is 2.85. The molecule has 0 aliphatic rings. The summed E-state index contributed by atoms with van der Waals surface area (Å²) < 4.78 is 7.50. The highest BCUT2D eigenvalue weighted by molar-refractivity contribution is 6.03. The lowest BCUT2D eigenvalue weighted by Gasteiger charge is -2.10. The molecule has 0 saturated carbocycles. The van der Waals surface area contributed by atoms with Crippen molar-refractivity contribution in [2.45, 2.75) is 19.9 Å². The number of oxazole rings is 1. The molecule has 0 saturated heterocycles. The van der Waals surface area contributed by atoms with E-state index in [1.807, 2.05) is 54.1 Å². The summed E-state index contributed by atoms with van der Waals surface area (Å²) in [6, 6.07) is 13.0. The van der Waals surface area contributed by atoms with E-state index in [2.05, 4.69) is 15.3 Å². The standard InChI is InChI=1S/C20H18N4O2/c1-2-19-23-16-11-15(7-8-18(16)26-19)22-20(25)17-6-4-10-24(17)13-14-5-3-9-21-12-14/h3-12H,2,13H2,1H3,(H,22,25). The van der Waals surface area contributed by atoms with Crippen molar-refractivity contribution < 1.29 is 9.21 Å². The van der Waals surface area contributed by atoms with E-state index in [9.17, 15) is 4.79 Å². The molecule has 3 heterocycles. The van der Waals surface area contributed by atoms with Gasteiger partial charge in [0.25, 0.3) is 5.91 Å². The van der Waals surface area contributed by atoms with Gasteiger partial charge >= 0.3 is 0 Å². The Morgan fingerprint density at radius 3 is 2.96 bits per heavy atom. The zero-order chi connectivity index (χ0) is 17.9. The topological polar surface area (TPSA) is 73.0 Å². The van der Waals surface area contributed by atoms with Gasteiger partial charge in [0.1, 0.15) is 11.2 Å². The number of anilines is 1. The van der Waals surface area contributed by atoms with Crippen LogP contribution in [0.3, 0.4) is 0 Å². The summed E-state index contributed by atoms with van der Waals surface area (Å²) in [4.78, 5) is 21.2. The third-order valence-electron chi connectivity index (χ3n) is 4.13. The van der Waals surface area contributed by atoms with E-state index in [4.69, 9.17) is 4.42 Å². The number of aryl methyl sites for hydroxylation is 1. The Balaban J connectivity index is 1.54. The second-order valence-electron chi connectivity index (χ2n) is 5.98. The molecule has 0 fully saturated rings. The average molecular weight is 346 g/mol. The van der Waals surface area contributed by atoms with Crippen LogP contribution < -0.4 is 5.32 Å². The molecule has 6 heteroatoms. The molecule has 1 N–H and O–H groups in total. The molecule has 1 amide bonds. The van der Waals surface area contributed by atoms with E-state index < -0.39 is 0 Å². The Kier molecular flexibility index (Phi) is 4.23. The van der Waals surface area contributed by atoms with Crippen molar-refractivity contribution in [2.24, 2.45) is 0 Å². The number of aromatic nitrogens is 3. The highest BCUT2D eigenvalue weighted by Gasteiger charge is 2.13. The molecule has 4 aromatic rings. The number of benzene rings is 1. The van der Waals surface area contributed by atoms with E-state index in [1.165, 1.54) is 0 Å². The molecule has 0 aliphatic heterocycles. The number of hydrogen-bond acceptors (Lipinski definition) is 4. The zero-order valence-electron chi connectivity index (χ0n) is 14.3. The van der Waals surface area contributed by atoms with Crippen molar-refractivity contribution >= 4 is 22.7 Å². The molecule has 6 nitrogen and oxygen atoms in total. The van der Waals surface area contributed by atoms with Crippen molar-refractivity contribution in [3.05, 3.63) is 78.2 Å². The summed E-state index contributed by atoms with van der Waals surface area (Å²) in [5.41, 5.74) is 3.77. The normalized spacial score (nSPS) is 11.0. The molecular weight excluding hydrogens is 328 g/mol. The third-order valence-corrected chi connectivity index (χ3v) is 4.13. The Labute approximate surface area is 150 Å². The second kappa shape index (κ2) is 6.84. The van der Waals surface area contributed by atoms with Gasteiger partial charge in [0.2, 0.25) is 0 Å². The van der Waals surface area contributed by atoms with Gasteiger partial charge < -0.3 is 14.3 Å². The Morgan fingerprint density at radius 2 is 2.15 bits per heavy atom. The molecule has 0 spiro atoms. The number of fused-ring (bicyclic) bond motifs is 1. The number of amides is 1. The van der Waals surface area contributed by atoms with Gasteiger partial charge in [-0.1, -0.05) is 13.0 Å². The molecule has 26 heavy (non-hydrogen) atoms. The van der Waals surface area contributed by atoms with Crippen LogP contribution in [0.2, 0.25) is 0 Å². The lowest BCUT2D eigenvalue weighted by Crippen LogP contribution is -2.17. The quantitative estimate of drug-likeness (QED) is 0.595. The molecule has 1 aromatic carbocycles. The van der Waals surface area contributed by atoms with Gasteiger partial charge in [0, 0.05) is 37.2 Å². The van der Waals surface area contributed by atoms with Crippen molar-refractivity contribution in [3.63, 3.8) is 0 Å². The van der Waals surface area contributed by atoms with Crippen molar-refractivity contribution in [1.82, 2.24) is 14.5 Å². The number of nitrogens with zero attached hydrogens (tertiary/aromatic N) is 3. The van der Waals surface area contributed by atoms with E-state index in [1.54, 1.807) is 18.5 Å². The molecule has 0 bridgehead atoms. The maximum absolute atomic E-state index is 12.7. The van der Waals surface area contributed by atoms with Crippen molar-refractivity contribution in [1.29, 1.82) is 0 Å². The van der Waals surface area contributed by atoms with Crippen LogP contribution in [-0.4, -0.2) is 20.4 Å². The van der Waals surface area contributed by atoms with Crippen LogP contribution in [0.25, 0.3) is 11.1 Å². The van der Waals surface area contributed by atoms with Crippen LogP contribution in [0.4, 0.5) is 5.69 Å². The number of hydrogen-bond donors (Lipinski definition) is 1. The molecule has 0 atom stereocenters. The van der Waals surface area contributed by atoms with Gasteiger partial charge in [-0.2, -0.15) is 0 Å².